The standard InChI is InChI=1S/C23H24N4/c1-22(2,3)16-9-10-17-18(11-16)20(15-7-5-4-6-8-15)23(13-25,14-26)21(27)19(17)12-24/h4-8,10,16,18-20,27H,9,11H2,1-3H3/t16-,18-,19?,20+/m1/s1. The monoisotopic (exact) mass is 356 g/mol. The third-order valence-electron chi connectivity index (χ3n) is 6.39. The van der Waals surface area contributed by atoms with Crippen LogP contribution in [0.15, 0.2) is 42.0 Å². The molecule has 4 nitrogen and oxygen atoms in total. The molecule has 2 aliphatic rings. The van der Waals surface area contributed by atoms with E-state index in [2.05, 4.69) is 45.1 Å². The van der Waals surface area contributed by atoms with Crippen molar-refractivity contribution in [3.63, 3.8) is 0 Å². The van der Waals surface area contributed by atoms with E-state index in [1.807, 2.05) is 30.3 Å². The summed E-state index contributed by atoms with van der Waals surface area (Å²) < 4.78 is 0. The molecule has 1 N–H and O–H groups in total. The summed E-state index contributed by atoms with van der Waals surface area (Å²) >= 11 is 0. The zero-order valence-corrected chi connectivity index (χ0v) is 16.0. The summed E-state index contributed by atoms with van der Waals surface area (Å²) in [5.41, 5.74) is 0.243. The van der Waals surface area contributed by atoms with Crippen LogP contribution in [0.2, 0.25) is 0 Å². The topological polar surface area (TPSA) is 95.2 Å². The van der Waals surface area contributed by atoms with Crippen LogP contribution in [-0.4, -0.2) is 5.71 Å². The van der Waals surface area contributed by atoms with Crippen molar-refractivity contribution >= 4 is 5.71 Å². The predicted octanol–water partition coefficient (Wildman–Crippen LogP) is 4.98. The minimum Gasteiger partial charge on any atom is -0.305 e. The molecule has 1 saturated carbocycles. The summed E-state index contributed by atoms with van der Waals surface area (Å²) in [6.45, 7) is 6.63. The molecule has 3 rings (SSSR count). The number of nitrogens with one attached hydrogen (secondary N) is 1. The van der Waals surface area contributed by atoms with Crippen LogP contribution in [0.3, 0.4) is 0 Å². The van der Waals surface area contributed by atoms with Crippen molar-refractivity contribution in [2.24, 2.45) is 28.6 Å². The number of nitrogens with zero attached hydrogens (tertiary/aromatic N) is 3. The first kappa shape index (κ1) is 18.9. The minimum atomic E-state index is -1.61. The van der Waals surface area contributed by atoms with Crippen LogP contribution in [0.5, 0.6) is 0 Å². The van der Waals surface area contributed by atoms with Gasteiger partial charge in [-0.1, -0.05) is 57.2 Å². The lowest BCUT2D eigenvalue weighted by atomic mass is 9.51. The fraction of sp³-hybridized carbons (Fsp3) is 0.478. The van der Waals surface area contributed by atoms with Crippen LogP contribution in [0, 0.1) is 68.0 Å². The Hall–Kier alpha value is -2.90. The molecule has 0 bridgehead atoms. The second-order valence-corrected chi connectivity index (χ2v) is 8.74. The van der Waals surface area contributed by atoms with Gasteiger partial charge in [0.2, 0.25) is 0 Å². The van der Waals surface area contributed by atoms with E-state index < -0.39 is 17.3 Å². The van der Waals surface area contributed by atoms with Gasteiger partial charge in [0.05, 0.1) is 23.9 Å². The third kappa shape index (κ3) is 2.85. The molecule has 0 heterocycles. The molecule has 0 saturated heterocycles. The number of hydrogen-bond acceptors (Lipinski definition) is 4. The lowest BCUT2D eigenvalue weighted by Crippen LogP contribution is -2.50. The molecule has 4 atom stereocenters. The van der Waals surface area contributed by atoms with Gasteiger partial charge in [0, 0.05) is 5.92 Å². The van der Waals surface area contributed by atoms with Crippen molar-refractivity contribution in [3.05, 3.63) is 47.5 Å². The quantitative estimate of drug-likeness (QED) is 0.719. The van der Waals surface area contributed by atoms with Gasteiger partial charge in [0.15, 0.2) is 5.41 Å². The molecule has 2 aliphatic carbocycles. The molecule has 1 unspecified atom stereocenters. The maximum atomic E-state index is 10.0. The Morgan fingerprint density at radius 1 is 1.07 bits per heavy atom. The Labute approximate surface area is 161 Å². The highest BCUT2D eigenvalue weighted by Crippen LogP contribution is 2.57. The smallest absolute Gasteiger partial charge is 0.189 e. The molecule has 136 valence electrons. The largest absolute Gasteiger partial charge is 0.305 e. The van der Waals surface area contributed by atoms with E-state index in [-0.39, 0.29) is 17.0 Å². The molecule has 0 amide bonds. The fourth-order valence-electron chi connectivity index (χ4n) is 4.77. The first-order chi connectivity index (χ1) is 12.8. The maximum absolute atomic E-state index is 10.0. The van der Waals surface area contributed by atoms with Crippen LogP contribution in [0.25, 0.3) is 0 Å². The summed E-state index contributed by atoms with van der Waals surface area (Å²) in [4.78, 5) is 0. The molecular weight excluding hydrogens is 332 g/mol. The van der Waals surface area contributed by atoms with Gasteiger partial charge in [0.25, 0.3) is 0 Å². The number of fused-ring (bicyclic) bond motifs is 1. The highest BCUT2D eigenvalue weighted by Gasteiger charge is 2.58. The summed E-state index contributed by atoms with van der Waals surface area (Å²) in [6.07, 6.45) is 3.81. The maximum Gasteiger partial charge on any atom is 0.189 e. The summed E-state index contributed by atoms with van der Waals surface area (Å²) in [7, 11) is 0. The molecule has 4 heteroatoms. The highest BCUT2D eigenvalue weighted by atomic mass is 14.7. The number of hydrogen-bond donors (Lipinski definition) is 1. The van der Waals surface area contributed by atoms with E-state index in [1.165, 1.54) is 0 Å². The first-order valence-corrected chi connectivity index (χ1v) is 9.36. The molecule has 0 radical (unpaired) electrons. The van der Waals surface area contributed by atoms with Gasteiger partial charge >= 0.3 is 0 Å². The number of allylic oxidation sites excluding steroid dienone is 2. The number of benzene rings is 1. The Bertz CT molecular complexity index is 885. The molecular formula is C23H24N4. The zero-order valence-electron chi connectivity index (χ0n) is 16.0. The van der Waals surface area contributed by atoms with Crippen molar-refractivity contribution < 1.29 is 0 Å². The van der Waals surface area contributed by atoms with E-state index >= 15 is 0 Å². The van der Waals surface area contributed by atoms with Gasteiger partial charge in [-0.2, -0.15) is 15.8 Å². The van der Waals surface area contributed by atoms with Gasteiger partial charge in [-0.3, -0.25) is 0 Å². The van der Waals surface area contributed by atoms with Gasteiger partial charge in [-0.05, 0) is 41.2 Å². The van der Waals surface area contributed by atoms with Crippen molar-refractivity contribution in [2.45, 2.75) is 39.5 Å². The lowest BCUT2D eigenvalue weighted by molar-refractivity contribution is 0.168. The van der Waals surface area contributed by atoms with Crippen LogP contribution in [0.1, 0.15) is 45.1 Å². The average molecular weight is 356 g/mol. The van der Waals surface area contributed by atoms with Gasteiger partial charge in [-0.25, -0.2) is 0 Å². The predicted molar refractivity (Wildman–Crippen MR) is 103 cm³/mol. The second kappa shape index (κ2) is 6.68. The molecule has 0 spiro atoms. The van der Waals surface area contributed by atoms with Gasteiger partial charge in [0.1, 0.15) is 5.92 Å². The molecule has 27 heavy (non-hydrogen) atoms. The number of rotatable bonds is 1. The Balaban J connectivity index is 2.24. The SMILES string of the molecule is CC(C)(C)[C@@H]1CC=C2C(C#N)C(=N)C(C#N)(C#N)[C@@H](c3ccccc3)[C@@H]2C1. The number of nitriles is 3. The normalized spacial score (nSPS) is 29.5. The Morgan fingerprint density at radius 3 is 2.22 bits per heavy atom. The van der Waals surface area contributed by atoms with Crippen LogP contribution < -0.4 is 0 Å². The first-order valence-electron chi connectivity index (χ1n) is 9.36. The van der Waals surface area contributed by atoms with E-state index in [0.717, 1.165) is 24.0 Å². The lowest BCUT2D eigenvalue weighted by Gasteiger charge is -2.49. The molecule has 1 aromatic rings. The van der Waals surface area contributed by atoms with E-state index in [4.69, 9.17) is 5.41 Å². The highest BCUT2D eigenvalue weighted by molar-refractivity contribution is 6.00. The van der Waals surface area contributed by atoms with E-state index in [0.29, 0.717) is 5.92 Å². The fourth-order valence-corrected chi connectivity index (χ4v) is 4.77. The van der Waals surface area contributed by atoms with Gasteiger partial charge in [-0.15, -0.1) is 0 Å². The second-order valence-electron chi connectivity index (χ2n) is 8.74. The summed E-state index contributed by atoms with van der Waals surface area (Å²) in [6, 6.07) is 16.1. The summed E-state index contributed by atoms with van der Waals surface area (Å²) in [5, 5.41) is 38.4. The van der Waals surface area contributed by atoms with Crippen molar-refractivity contribution in [1.29, 1.82) is 21.2 Å². The minimum absolute atomic E-state index is 0.0689. The van der Waals surface area contributed by atoms with Crippen LogP contribution in [-0.2, 0) is 0 Å². The Kier molecular flexibility index (Phi) is 4.67. The van der Waals surface area contributed by atoms with Crippen LogP contribution in [0.4, 0.5) is 0 Å². The molecule has 1 fully saturated rings. The van der Waals surface area contributed by atoms with Gasteiger partial charge < -0.3 is 5.41 Å². The molecule has 0 aromatic heterocycles. The molecule has 1 aromatic carbocycles. The molecule has 0 aliphatic heterocycles. The Morgan fingerprint density at radius 2 is 1.70 bits per heavy atom. The third-order valence-corrected chi connectivity index (χ3v) is 6.39. The van der Waals surface area contributed by atoms with E-state index in [9.17, 15) is 15.8 Å². The van der Waals surface area contributed by atoms with E-state index in [1.54, 1.807) is 0 Å². The average Bonchev–Trinajstić information content (AvgIpc) is 2.67. The van der Waals surface area contributed by atoms with Crippen molar-refractivity contribution in [3.8, 4) is 18.2 Å². The van der Waals surface area contributed by atoms with Crippen molar-refractivity contribution in [2.75, 3.05) is 0 Å². The zero-order chi connectivity index (χ0) is 19.8. The van der Waals surface area contributed by atoms with Crippen LogP contribution >= 0.6 is 0 Å². The van der Waals surface area contributed by atoms with Crippen molar-refractivity contribution in [1.82, 2.24) is 0 Å². The summed E-state index contributed by atoms with van der Waals surface area (Å²) in [5.74, 6) is -0.889.